The Kier molecular flexibility index (Phi) is 6.04. The number of rotatable bonds is 7. The Morgan fingerprint density at radius 3 is 2.78 bits per heavy atom. The zero-order valence-electron chi connectivity index (χ0n) is 12.7. The highest BCUT2D eigenvalue weighted by atomic mass is 32.1. The summed E-state index contributed by atoms with van der Waals surface area (Å²) in [6.45, 7) is 2.05. The number of hydrogen-bond donors (Lipinski definition) is 3. The van der Waals surface area contributed by atoms with Crippen LogP contribution in [0.25, 0.3) is 0 Å². The van der Waals surface area contributed by atoms with Crippen LogP contribution in [0.15, 0.2) is 24.3 Å². The number of carbonyl (C=O) groups is 2. The van der Waals surface area contributed by atoms with Crippen LogP contribution in [0.2, 0.25) is 0 Å². The molecule has 0 radical (unpaired) electrons. The standard InChI is InChI=1S/C15H18N4O3S/c1-2-4-12-18-19-15(23-12)17-14(22)16-11-6-3-5-10(9-11)7-8-13(20)21/h3,5-6,9H,2,4,7-8H2,1H3,(H,20,21)(H2,16,17,19,22). The highest BCUT2D eigenvalue weighted by Crippen LogP contribution is 2.17. The van der Waals surface area contributed by atoms with Gasteiger partial charge in [-0.3, -0.25) is 10.1 Å². The van der Waals surface area contributed by atoms with Gasteiger partial charge in [0.1, 0.15) is 5.01 Å². The molecule has 0 fully saturated rings. The molecule has 0 spiro atoms. The predicted molar refractivity (Wildman–Crippen MR) is 88.9 cm³/mol. The fourth-order valence-corrected chi connectivity index (χ4v) is 2.77. The van der Waals surface area contributed by atoms with Gasteiger partial charge in [0.2, 0.25) is 5.13 Å². The summed E-state index contributed by atoms with van der Waals surface area (Å²) in [7, 11) is 0. The lowest BCUT2D eigenvalue weighted by Gasteiger charge is -2.07. The maximum atomic E-state index is 11.9. The third-order valence-electron chi connectivity index (χ3n) is 2.96. The van der Waals surface area contributed by atoms with Crippen LogP contribution in [0.5, 0.6) is 0 Å². The number of nitrogens with zero attached hydrogens (tertiary/aromatic N) is 2. The number of carboxylic acids is 1. The lowest BCUT2D eigenvalue weighted by Crippen LogP contribution is -2.19. The minimum absolute atomic E-state index is 0.0562. The maximum absolute atomic E-state index is 11.9. The average Bonchev–Trinajstić information content (AvgIpc) is 2.93. The van der Waals surface area contributed by atoms with Crippen molar-refractivity contribution in [3.05, 3.63) is 34.8 Å². The monoisotopic (exact) mass is 334 g/mol. The van der Waals surface area contributed by atoms with E-state index in [-0.39, 0.29) is 6.42 Å². The van der Waals surface area contributed by atoms with Gasteiger partial charge < -0.3 is 10.4 Å². The fraction of sp³-hybridized carbons (Fsp3) is 0.333. The summed E-state index contributed by atoms with van der Waals surface area (Å²) in [5.74, 6) is -0.847. The number of hydrogen-bond acceptors (Lipinski definition) is 5. The van der Waals surface area contributed by atoms with Crippen molar-refractivity contribution < 1.29 is 14.7 Å². The van der Waals surface area contributed by atoms with Crippen molar-refractivity contribution in [2.24, 2.45) is 0 Å². The third-order valence-corrected chi connectivity index (χ3v) is 3.86. The van der Waals surface area contributed by atoms with Gasteiger partial charge in [-0.05, 0) is 30.5 Å². The molecule has 1 aromatic carbocycles. The lowest BCUT2D eigenvalue weighted by atomic mass is 10.1. The molecule has 2 rings (SSSR count). The molecule has 2 aromatic rings. The van der Waals surface area contributed by atoms with E-state index in [2.05, 4.69) is 27.8 Å². The molecule has 0 atom stereocenters. The molecule has 2 amide bonds. The Morgan fingerprint density at radius 1 is 1.22 bits per heavy atom. The summed E-state index contributed by atoms with van der Waals surface area (Å²) in [5, 5.41) is 23.3. The number of carboxylic acid groups (broad SMARTS) is 1. The van der Waals surface area contributed by atoms with Crippen molar-refractivity contribution in [1.29, 1.82) is 0 Å². The zero-order valence-corrected chi connectivity index (χ0v) is 13.5. The van der Waals surface area contributed by atoms with Crippen molar-refractivity contribution >= 4 is 34.2 Å². The lowest BCUT2D eigenvalue weighted by molar-refractivity contribution is -0.136. The summed E-state index contributed by atoms with van der Waals surface area (Å²) in [6.07, 6.45) is 2.29. The topological polar surface area (TPSA) is 104 Å². The van der Waals surface area contributed by atoms with Gasteiger partial charge >= 0.3 is 12.0 Å². The van der Waals surface area contributed by atoms with Gasteiger partial charge in [-0.15, -0.1) is 10.2 Å². The Balaban J connectivity index is 1.91. The fourth-order valence-electron chi connectivity index (χ4n) is 1.93. The summed E-state index contributed by atoms with van der Waals surface area (Å²) in [4.78, 5) is 22.5. The summed E-state index contributed by atoms with van der Waals surface area (Å²) >= 11 is 1.35. The molecular formula is C15H18N4O3S. The first-order valence-corrected chi connectivity index (χ1v) is 8.09. The molecule has 23 heavy (non-hydrogen) atoms. The van der Waals surface area contributed by atoms with Gasteiger partial charge in [0.05, 0.1) is 0 Å². The minimum Gasteiger partial charge on any atom is -0.481 e. The maximum Gasteiger partial charge on any atom is 0.325 e. The van der Waals surface area contributed by atoms with Crippen molar-refractivity contribution in [1.82, 2.24) is 10.2 Å². The van der Waals surface area contributed by atoms with E-state index in [1.165, 1.54) is 11.3 Å². The van der Waals surface area contributed by atoms with Crippen molar-refractivity contribution in [3.63, 3.8) is 0 Å². The van der Waals surface area contributed by atoms with Crippen LogP contribution < -0.4 is 10.6 Å². The second-order valence-electron chi connectivity index (χ2n) is 4.92. The van der Waals surface area contributed by atoms with Gasteiger partial charge in [0.15, 0.2) is 0 Å². The number of carbonyl (C=O) groups excluding carboxylic acids is 1. The van der Waals surface area contributed by atoms with E-state index in [0.29, 0.717) is 17.2 Å². The first-order valence-electron chi connectivity index (χ1n) is 7.28. The smallest absolute Gasteiger partial charge is 0.325 e. The Bertz CT molecular complexity index is 687. The first-order chi connectivity index (χ1) is 11.1. The summed E-state index contributed by atoms with van der Waals surface area (Å²) < 4.78 is 0. The molecule has 1 heterocycles. The molecule has 3 N–H and O–H groups in total. The van der Waals surface area contributed by atoms with Crippen LogP contribution in [0.3, 0.4) is 0 Å². The van der Waals surface area contributed by atoms with Crippen LogP contribution >= 0.6 is 11.3 Å². The predicted octanol–water partition coefficient (Wildman–Crippen LogP) is 3.15. The number of nitrogens with one attached hydrogen (secondary N) is 2. The first kappa shape index (κ1) is 16.9. The molecule has 0 saturated carbocycles. The van der Waals surface area contributed by atoms with Crippen molar-refractivity contribution in [2.75, 3.05) is 10.6 Å². The Labute approximate surface area is 137 Å². The summed E-state index contributed by atoms with van der Waals surface area (Å²) in [5.41, 5.74) is 1.45. The quantitative estimate of drug-likeness (QED) is 0.721. The highest BCUT2D eigenvalue weighted by Gasteiger charge is 2.08. The number of aliphatic carboxylic acids is 1. The molecular weight excluding hydrogens is 316 g/mol. The molecule has 1 aromatic heterocycles. The van der Waals surface area contributed by atoms with Crippen LogP contribution in [0.1, 0.15) is 30.3 Å². The van der Waals surface area contributed by atoms with Gasteiger partial charge in [0, 0.05) is 18.5 Å². The molecule has 0 aliphatic heterocycles. The van der Waals surface area contributed by atoms with E-state index in [4.69, 9.17) is 5.11 Å². The van der Waals surface area contributed by atoms with E-state index in [9.17, 15) is 9.59 Å². The number of urea groups is 1. The number of aromatic nitrogens is 2. The second-order valence-corrected chi connectivity index (χ2v) is 5.99. The van der Waals surface area contributed by atoms with Crippen LogP contribution in [0.4, 0.5) is 15.6 Å². The van der Waals surface area contributed by atoms with Crippen LogP contribution in [-0.2, 0) is 17.6 Å². The number of anilines is 2. The SMILES string of the molecule is CCCc1nnc(NC(=O)Nc2cccc(CCC(=O)O)c2)s1. The molecule has 7 nitrogen and oxygen atoms in total. The number of benzene rings is 1. The van der Waals surface area contributed by atoms with Gasteiger partial charge in [-0.2, -0.15) is 0 Å². The largest absolute Gasteiger partial charge is 0.481 e. The number of aryl methyl sites for hydroxylation is 2. The van der Waals surface area contributed by atoms with Crippen LogP contribution in [-0.4, -0.2) is 27.3 Å². The van der Waals surface area contributed by atoms with E-state index in [1.54, 1.807) is 18.2 Å². The number of amides is 2. The molecule has 0 aliphatic rings. The Hall–Kier alpha value is -2.48. The highest BCUT2D eigenvalue weighted by molar-refractivity contribution is 7.15. The normalized spacial score (nSPS) is 10.3. The molecule has 0 saturated heterocycles. The van der Waals surface area contributed by atoms with Crippen molar-refractivity contribution in [3.8, 4) is 0 Å². The van der Waals surface area contributed by atoms with Crippen molar-refractivity contribution in [2.45, 2.75) is 32.6 Å². The average molecular weight is 334 g/mol. The molecule has 0 aliphatic carbocycles. The van der Waals surface area contributed by atoms with E-state index < -0.39 is 12.0 Å². The Morgan fingerprint density at radius 2 is 2.04 bits per heavy atom. The second kappa shape index (κ2) is 8.23. The van der Waals surface area contributed by atoms with E-state index >= 15 is 0 Å². The minimum atomic E-state index is -0.847. The van der Waals surface area contributed by atoms with Gasteiger partial charge in [0.25, 0.3) is 0 Å². The molecule has 122 valence electrons. The molecule has 0 bridgehead atoms. The molecule has 8 heteroatoms. The zero-order chi connectivity index (χ0) is 16.7. The van der Waals surface area contributed by atoms with Gasteiger partial charge in [-0.1, -0.05) is 30.4 Å². The van der Waals surface area contributed by atoms with E-state index in [0.717, 1.165) is 23.4 Å². The van der Waals surface area contributed by atoms with E-state index in [1.807, 2.05) is 6.07 Å². The van der Waals surface area contributed by atoms with Gasteiger partial charge in [-0.25, -0.2) is 4.79 Å². The summed E-state index contributed by atoms with van der Waals surface area (Å²) in [6, 6.07) is 6.70. The molecule has 0 unspecified atom stereocenters. The third kappa shape index (κ3) is 5.67. The van der Waals surface area contributed by atoms with Crippen LogP contribution in [0, 0.1) is 0 Å².